The van der Waals surface area contributed by atoms with Gasteiger partial charge in [0.1, 0.15) is 0 Å². The molecule has 1 fully saturated rings. The number of nitrogens with zero attached hydrogens (tertiary/aromatic N) is 2. The van der Waals surface area contributed by atoms with Gasteiger partial charge in [0.25, 0.3) is 0 Å². The van der Waals surface area contributed by atoms with Crippen LogP contribution in [0.3, 0.4) is 0 Å². The quantitative estimate of drug-likeness (QED) is 0.714. The molecule has 0 radical (unpaired) electrons. The molecular weight excluding hydrogens is 330 g/mol. The van der Waals surface area contributed by atoms with Crippen LogP contribution in [-0.4, -0.2) is 43.4 Å². The van der Waals surface area contributed by atoms with Crippen molar-refractivity contribution in [2.75, 3.05) is 37.0 Å². The Morgan fingerprint density at radius 2 is 2.08 bits per heavy atom. The standard InChI is InChI=1S/C20H33N3O3/c1-5-26-19(24)10-15(4)16-11-18(21)20(22-12-16)23(13-14(2)3)17-6-8-25-9-7-17/h11-12,14-15,17H,5-10,13,21H2,1-4H3. The number of rotatable bonds is 8. The van der Waals surface area contributed by atoms with Gasteiger partial charge in [-0.25, -0.2) is 4.98 Å². The molecule has 2 N–H and O–H groups in total. The molecule has 0 bridgehead atoms. The lowest BCUT2D eigenvalue weighted by molar-refractivity contribution is -0.143. The van der Waals surface area contributed by atoms with Crippen molar-refractivity contribution >= 4 is 17.5 Å². The molecule has 1 aliphatic rings. The molecule has 1 aromatic rings. The minimum atomic E-state index is -0.189. The number of nitrogens with two attached hydrogens (primary N) is 1. The summed E-state index contributed by atoms with van der Waals surface area (Å²) >= 11 is 0. The molecular formula is C20H33N3O3. The van der Waals surface area contributed by atoms with Gasteiger partial charge in [0, 0.05) is 32.0 Å². The van der Waals surface area contributed by atoms with Gasteiger partial charge in [-0.2, -0.15) is 0 Å². The highest BCUT2D eigenvalue weighted by molar-refractivity contribution is 5.71. The van der Waals surface area contributed by atoms with Crippen LogP contribution in [0.2, 0.25) is 0 Å². The number of hydrogen-bond donors (Lipinski definition) is 1. The predicted octanol–water partition coefficient (Wildman–Crippen LogP) is 3.36. The second kappa shape index (κ2) is 9.76. The van der Waals surface area contributed by atoms with Crippen LogP contribution in [0.5, 0.6) is 0 Å². The Bertz CT molecular complexity index is 586. The maximum atomic E-state index is 11.7. The number of anilines is 2. The van der Waals surface area contributed by atoms with E-state index in [0.29, 0.717) is 30.7 Å². The van der Waals surface area contributed by atoms with Crippen molar-refractivity contribution in [1.82, 2.24) is 4.98 Å². The number of aromatic nitrogens is 1. The van der Waals surface area contributed by atoms with Crippen LogP contribution in [0, 0.1) is 5.92 Å². The lowest BCUT2D eigenvalue weighted by atomic mass is 9.98. The van der Waals surface area contributed by atoms with Gasteiger partial charge in [-0.1, -0.05) is 20.8 Å². The van der Waals surface area contributed by atoms with Gasteiger partial charge in [-0.05, 0) is 43.2 Å². The largest absolute Gasteiger partial charge is 0.466 e. The molecule has 1 atom stereocenters. The molecule has 1 unspecified atom stereocenters. The predicted molar refractivity (Wildman–Crippen MR) is 104 cm³/mol. The minimum absolute atomic E-state index is 0.0273. The van der Waals surface area contributed by atoms with E-state index in [-0.39, 0.29) is 11.9 Å². The molecule has 0 aliphatic carbocycles. The van der Waals surface area contributed by atoms with Crippen LogP contribution >= 0.6 is 0 Å². The van der Waals surface area contributed by atoms with Crippen LogP contribution in [-0.2, 0) is 14.3 Å². The fourth-order valence-electron chi connectivity index (χ4n) is 3.39. The van der Waals surface area contributed by atoms with Crippen molar-refractivity contribution in [3.05, 3.63) is 17.8 Å². The molecule has 2 rings (SSSR count). The summed E-state index contributed by atoms with van der Waals surface area (Å²) in [7, 11) is 0. The van der Waals surface area contributed by atoms with E-state index in [0.717, 1.165) is 44.0 Å². The van der Waals surface area contributed by atoms with Gasteiger partial charge in [0.15, 0.2) is 5.82 Å². The Morgan fingerprint density at radius 1 is 1.38 bits per heavy atom. The van der Waals surface area contributed by atoms with Gasteiger partial charge in [0.05, 0.1) is 18.7 Å². The number of hydrogen-bond acceptors (Lipinski definition) is 6. The number of carbonyl (C=O) groups excluding carboxylic acids is 1. The van der Waals surface area contributed by atoms with Gasteiger partial charge in [-0.3, -0.25) is 4.79 Å². The van der Waals surface area contributed by atoms with Crippen LogP contribution in [0.25, 0.3) is 0 Å². The van der Waals surface area contributed by atoms with Crippen molar-refractivity contribution < 1.29 is 14.3 Å². The number of nitrogen functional groups attached to an aromatic ring is 1. The van der Waals surface area contributed by atoms with Gasteiger partial charge in [0.2, 0.25) is 0 Å². The first kappa shape index (κ1) is 20.5. The molecule has 1 aliphatic heterocycles. The maximum Gasteiger partial charge on any atom is 0.306 e. The molecule has 1 aromatic heterocycles. The van der Waals surface area contributed by atoms with Crippen molar-refractivity contribution in [2.24, 2.45) is 5.92 Å². The lowest BCUT2D eigenvalue weighted by Gasteiger charge is -2.37. The number of pyridine rings is 1. The van der Waals surface area contributed by atoms with Crippen molar-refractivity contribution in [3.8, 4) is 0 Å². The zero-order valence-corrected chi connectivity index (χ0v) is 16.5. The van der Waals surface area contributed by atoms with Crippen molar-refractivity contribution in [3.63, 3.8) is 0 Å². The van der Waals surface area contributed by atoms with Crippen molar-refractivity contribution in [1.29, 1.82) is 0 Å². The number of ether oxygens (including phenoxy) is 2. The van der Waals surface area contributed by atoms with Gasteiger partial charge in [-0.15, -0.1) is 0 Å². The first-order valence-corrected chi connectivity index (χ1v) is 9.67. The zero-order valence-electron chi connectivity index (χ0n) is 16.5. The molecule has 2 heterocycles. The third kappa shape index (κ3) is 5.59. The second-order valence-electron chi connectivity index (χ2n) is 7.48. The summed E-state index contributed by atoms with van der Waals surface area (Å²) in [5.74, 6) is 1.20. The van der Waals surface area contributed by atoms with E-state index in [1.54, 1.807) is 0 Å². The molecule has 0 amide bonds. The van der Waals surface area contributed by atoms with E-state index in [1.807, 2.05) is 26.1 Å². The molecule has 6 nitrogen and oxygen atoms in total. The van der Waals surface area contributed by atoms with E-state index < -0.39 is 0 Å². The van der Waals surface area contributed by atoms with E-state index in [2.05, 4.69) is 23.7 Å². The minimum Gasteiger partial charge on any atom is -0.466 e. The average Bonchev–Trinajstić information content (AvgIpc) is 2.60. The SMILES string of the molecule is CCOC(=O)CC(C)c1cnc(N(CC(C)C)C2CCOCC2)c(N)c1. The second-order valence-corrected chi connectivity index (χ2v) is 7.48. The summed E-state index contributed by atoms with van der Waals surface area (Å²) in [5.41, 5.74) is 8.02. The fraction of sp³-hybridized carbons (Fsp3) is 0.700. The summed E-state index contributed by atoms with van der Waals surface area (Å²) < 4.78 is 10.5. The lowest BCUT2D eigenvalue weighted by Crippen LogP contribution is -2.42. The topological polar surface area (TPSA) is 77.7 Å². The molecule has 146 valence electrons. The molecule has 1 saturated heterocycles. The Labute approximate surface area is 157 Å². The first-order chi connectivity index (χ1) is 12.4. The Morgan fingerprint density at radius 3 is 2.65 bits per heavy atom. The molecule has 0 aromatic carbocycles. The van der Waals surface area contributed by atoms with Crippen LogP contribution in [0.1, 0.15) is 58.4 Å². The number of esters is 1. The molecule has 26 heavy (non-hydrogen) atoms. The monoisotopic (exact) mass is 363 g/mol. The van der Waals surface area contributed by atoms with E-state index in [9.17, 15) is 4.79 Å². The average molecular weight is 364 g/mol. The van der Waals surface area contributed by atoms with E-state index >= 15 is 0 Å². The van der Waals surface area contributed by atoms with Gasteiger partial charge >= 0.3 is 5.97 Å². The highest BCUT2D eigenvalue weighted by atomic mass is 16.5. The maximum absolute atomic E-state index is 11.7. The molecule has 0 saturated carbocycles. The van der Waals surface area contributed by atoms with Crippen LogP contribution < -0.4 is 10.6 Å². The van der Waals surface area contributed by atoms with Crippen LogP contribution in [0.4, 0.5) is 11.5 Å². The smallest absolute Gasteiger partial charge is 0.306 e. The first-order valence-electron chi connectivity index (χ1n) is 9.67. The van der Waals surface area contributed by atoms with Crippen molar-refractivity contribution in [2.45, 2.75) is 58.9 Å². The number of carbonyl (C=O) groups is 1. The molecule has 0 spiro atoms. The van der Waals surface area contributed by atoms with Crippen LogP contribution in [0.15, 0.2) is 12.3 Å². The summed E-state index contributed by atoms with van der Waals surface area (Å²) in [6, 6.07) is 2.36. The Hall–Kier alpha value is -1.82. The fourth-order valence-corrected chi connectivity index (χ4v) is 3.39. The third-order valence-corrected chi connectivity index (χ3v) is 4.73. The van der Waals surface area contributed by atoms with E-state index in [4.69, 9.17) is 15.2 Å². The molecule has 6 heteroatoms. The normalized spacial score (nSPS) is 16.5. The van der Waals surface area contributed by atoms with E-state index in [1.165, 1.54) is 0 Å². The summed E-state index contributed by atoms with van der Waals surface area (Å²) in [6.07, 6.45) is 4.18. The summed E-state index contributed by atoms with van der Waals surface area (Å²) in [5, 5.41) is 0. The Kier molecular flexibility index (Phi) is 7.69. The highest BCUT2D eigenvalue weighted by Gasteiger charge is 2.25. The highest BCUT2D eigenvalue weighted by Crippen LogP contribution is 2.30. The summed E-state index contributed by atoms with van der Waals surface area (Å²) in [4.78, 5) is 18.7. The van der Waals surface area contributed by atoms with Gasteiger partial charge < -0.3 is 20.1 Å². The summed E-state index contributed by atoms with van der Waals surface area (Å²) in [6.45, 7) is 11.1. The Balaban J connectivity index is 2.17. The zero-order chi connectivity index (χ0) is 19.1. The third-order valence-electron chi connectivity index (χ3n) is 4.73.